The first-order chi connectivity index (χ1) is 6.38. The van der Waals surface area contributed by atoms with Gasteiger partial charge >= 0.3 is 29.6 Å². The fourth-order valence-electron chi connectivity index (χ4n) is 1.34. The third kappa shape index (κ3) is 6.13. The third-order valence-electron chi connectivity index (χ3n) is 1.99. The van der Waals surface area contributed by atoms with E-state index in [1.807, 2.05) is 48.5 Å². The number of phenols is 1. The van der Waals surface area contributed by atoms with Gasteiger partial charge in [0.15, 0.2) is 0 Å². The van der Waals surface area contributed by atoms with Gasteiger partial charge in [-0.25, -0.2) is 0 Å². The van der Waals surface area contributed by atoms with Crippen LogP contribution in [-0.4, -0.2) is 27.0 Å². The normalized spacial score (nSPS) is 7.11. The largest absolute Gasteiger partial charge is 1.00 e. The minimum absolute atomic E-state index is 0. The molecule has 0 unspecified atom stereocenters. The zero-order valence-electron chi connectivity index (χ0n) is 10.1. The second kappa shape index (κ2) is 12.5. The van der Waals surface area contributed by atoms with Crippen molar-refractivity contribution in [1.29, 1.82) is 0 Å². The van der Waals surface area contributed by atoms with Gasteiger partial charge in [0.05, 0.1) is 0 Å². The van der Waals surface area contributed by atoms with Gasteiger partial charge in [0.25, 0.3) is 0 Å². The van der Waals surface area contributed by atoms with E-state index < -0.39 is 0 Å². The van der Waals surface area contributed by atoms with Crippen LogP contribution in [0.2, 0.25) is 0 Å². The topological polar surface area (TPSA) is 146 Å². The van der Waals surface area contributed by atoms with E-state index in [-0.39, 0.29) is 51.5 Å². The molecule has 0 amide bonds. The Morgan fingerprint density at radius 2 is 1.06 bits per heavy atom. The Balaban J connectivity index is -0.000000196. The van der Waals surface area contributed by atoms with Crippen LogP contribution in [0.25, 0.3) is 11.1 Å². The average molecular weight is 265 g/mol. The zero-order chi connectivity index (χ0) is 9.10. The second-order valence-corrected chi connectivity index (χ2v) is 2.88. The predicted molar refractivity (Wildman–Crippen MR) is 68.0 cm³/mol. The zero-order valence-corrected chi connectivity index (χ0v) is 12.1. The fourth-order valence-corrected chi connectivity index (χ4v) is 1.34. The first-order valence-electron chi connectivity index (χ1n) is 4.21. The number of hydrogen-bond donors (Lipinski definition) is 1. The van der Waals surface area contributed by atoms with Gasteiger partial charge in [0.1, 0.15) is 5.75 Å². The Morgan fingerprint density at radius 3 is 1.56 bits per heavy atom. The van der Waals surface area contributed by atoms with Crippen LogP contribution in [0, 0.1) is 0 Å². The average Bonchev–Trinajstić information content (AvgIpc) is 2.20. The minimum atomic E-state index is 0. The van der Waals surface area contributed by atoms with Crippen molar-refractivity contribution in [3.05, 3.63) is 54.6 Å². The SMILES string of the molecule is O.O.O.O.Oc1ccccc1-c1ccccc1.[Na+]. The first-order valence-corrected chi connectivity index (χ1v) is 4.21. The summed E-state index contributed by atoms with van der Waals surface area (Å²) in [5.41, 5.74) is 1.92. The maximum atomic E-state index is 9.56. The molecular weight excluding hydrogens is 247 g/mol. The van der Waals surface area contributed by atoms with E-state index in [0.29, 0.717) is 5.75 Å². The van der Waals surface area contributed by atoms with Crippen LogP contribution in [0.5, 0.6) is 5.75 Å². The van der Waals surface area contributed by atoms with E-state index >= 15 is 0 Å². The quantitative estimate of drug-likeness (QED) is 0.530. The number of rotatable bonds is 1. The second-order valence-electron chi connectivity index (χ2n) is 2.88. The van der Waals surface area contributed by atoms with E-state index in [0.717, 1.165) is 11.1 Å². The summed E-state index contributed by atoms with van der Waals surface area (Å²) in [6.07, 6.45) is 0. The maximum Gasteiger partial charge on any atom is 1.00 e. The van der Waals surface area contributed by atoms with Gasteiger partial charge in [-0.15, -0.1) is 0 Å². The molecule has 9 N–H and O–H groups in total. The van der Waals surface area contributed by atoms with Crippen molar-refractivity contribution >= 4 is 0 Å². The van der Waals surface area contributed by atoms with Crippen LogP contribution in [0.4, 0.5) is 0 Å². The Bertz CT molecular complexity index is 408. The van der Waals surface area contributed by atoms with Crippen LogP contribution >= 0.6 is 0 Å². The molecule has 0 saturated carbocycles. The summed E-state index contributed by atoms with van der Waals surface area (Å²) in [5.74, 6) is 0.328. The fraction of sp³-hybridized carbons (Fsp3) is 0. The molecule has 2 aromatic rings. The van der Waals surface area contributed by atoms with Crippen LogP contribution < -0.4 is 29.6 Å². The molecule has 0 radical (unpaired) electrons. The summed E-state index contributed by atoms with van der Waals surface area (Å²) in [5, 5.41) is 9.56. The molecule has 0 aliphatic carbocycles. The molecule has 0 atom stereocenters. The summed E-state index contributed by atoms with van der Waals surface area (Å²) in [6.45, 7) is 0. The van der Waals surface area contributed by atoms with Crippen molar-refractivity contribution in [2.24, 2.45) is 0 Å². The van der Waals surface area contributed by atoms with Crippen molar-refractivity contribution in [1.82, 2.24) is 0 Å². The molecule has 0 aromatic heterocycles. The molecule has 2 rings (SSSR count). The molecule has 2 aromatic carbocycles. The van der Waals surface area contributed by atoms with Gasteiger partial charge in [0.2, 0.25) is 0 Å². The van der Waals surface area contributed by atoms with Gasteiger partial charge in [-0.2, -0.15) is 0 Å². The van der Waals surface area contributed by atoms with E-state index in [4.69, 9.17) is 0 Å². The van der Waals surface area contributed by atoms with Crippen LogP contribution in [-0.2, 0) is 0 Å². The van der Waals surface area contributed by atoms with Gasteiger partial charge in [-0.1, -0.05) is 48.5 Å². The van der Waals surface area contributed by atoms with Crippen molar-refractivity contribution < 1.29 is 56.6 Å². The smallest absolute Gasteiger partial charge is 0.507 e. The molecule has 0 aliphatic heterocycles. The predicted octanol–water partition coefficient (Wildman–Crippen LogP) is -3.24. The molecule has 6 heteroatoms. The summed E-state index contributed by atoms with van der Waals surface area (Å²) < 4.78 is 0. The van der Waals surface area contributed by atoms with Gasteiger partial charge in [-0.3, -0.25) is 0 Å². The molecule has 96 valence electrons. The van der Waals surface area contributed by atoms with E-state index in [2.05, 4.69) is 0 Å². The molecule has 0 saturated heterocycles. The van der Waals surface area contributed by atoms with Gasteiger partial charge in [0, 0.05) is 5.56 Å². The van der Waals surface area contributed by atoms with Crippen molar-refractivity contribution in [3.8, 4) is 16.9 Å². The molecular formula is C12H18NaO5+. The van der Waals surface area contributed by atoms with Crippen LogP contribution in [0.1, 0.15) is 0 Å². The Morgan fingerprint density at radius 1 is 0.611 bits per heavy atom. The number of para-hydroxylation sites is 1. The Hall–Kier alpha value is -0.920. The van der Waals surface area contributed by atoms with Crippen molar-refractivity contribution in [3.63, 3.8) is 0 Å². The Kier molecular flexibility index (Phi) is 18.0. The Labute approximate surface area is 128 Å². The van der Waals surface area contributed by atoms with E-state index in [9.17, 15) is 5.11 Å². The number of phenolic OH excluding ortho intramolecular Hbond substituents is 1. The molecule has 0 bridgehead atoms. The van der Waals surface area contributed by atoms with Crippen molar-refractivity contribution in [2.75, 3.05) is 0 Å². The molecule has 18 heavy (non-hydrogen) atoms. The molecule has 0 fully saturated rings. The number of benzene rings is 2. The van der Waals surface area contributed by atoms with E-state index in [1.54, 1.807) is 6.07 Å². The first kappa shape index (κ1) is 25.8. The number of hydrogen-bond acceptors (Lipinski definition) is 1. The molecule has 5 nitrogen and oxygen atoms in total. The molecule has 0 aliphatic rings. The van der Waals surface area contributed by atoms with E-state index in [1.165, 1.54) is 0 Å². The third-order valence-corrected chi connectivity index (χ3v) is 1.99. The summed E-state index contributed by atoms with van der Waals surface area (Å²) in [7, 11) is 0. The minimum Gasteiger partial charge on any atom is -0.507 e. The van der Waals surface area contributed by atoms with Crippen molar-refractivity contribution in [2.45, 2.75) is 0 Å². The van der Waals surface area contributed by atoms with Gasteiger partial charge in [-0.05, 0) is 11.6 Å². The monoisotopic (exact) mass is 265 g/mol. The molecule has 0 heterocycles. The summed E-state index contributed by atoms with van der Waals surface area (Å²) >= 11 is 0. The summed E-state index contributed by atoms with van der Waals surface area (Å²) in [4.78, 5) is 0. The van der Waals surface area contributed by atoms with Gasteiger partial charge < -0.3 is 27.0 Å². The summed E-state index contributed by atoms with van der Waals surface area (Å²) in [6, 6.07) is 17.2. The van der Waals surface area contributed by atoms with Crippen LogP contribution in [0.15, 0.2) is 54.6 Å². The molecule has 0 spiro atoms. The van der Waals surface area contributed by atoms with Crippen LogP contribution in [0.3, 0.4) is 0 Å². The standard InChI is InChI=1S/C12H10O.Na.4H2O/c13-12-9-5-4-8-11(12)10-6-2-1-3-7-10;;;;;/h1-9,13H;;4*1H2/q;+1;;;;. The maximum absolute atomic E-state index is 9.56. The number of aromatic hydroxyl groups is 1.